The number of ether oxygens (including phenoxy) is 1. The number of aryl methyl sites for hydroxylation is 1. The summed E-state index contributed by atoms with van der Waals surface area (Å²) >= 11 is 0. The van der Waals surface area contributed by atoms with Crippen LogP contribution in [0.25, 0.3) is 11.0 Å². The summed E-state index contributed by atoms with van der Waals surface area (Å²) in [4.78, 5) is 4.55. The molecule has 0 atom stereocenters. The van der Waals surface area contributed by atoms with Crippen molar-refractivity contribution in [1.29, 1.82) is 0 Å². The molecule has 0 saturated carbocycles. The lowest BCUT2D eigenvalue weighted by Gasteiger charge is -2.13. The Balaban J connectivity index is 2.08. The molecule has 2 aromatic heterocycles. The second-order valence-electron chi connectivity index (χ2n) is 6.02. The smallest absolute Gasteiger partial charge is 0.260 e. The van der Waals surface area contributed by atoms with Crippen molar-refractivity contribution in [3.63, 3.8) is 0 Å². The molecule has 0 aliphatic heterocycles. The third-order valence-electron chi connectivity index (χ3n) is 3.80. The molecular formula is C17H22N6O. The molecule has 1 aromatic carbocycles. The van der Waals surface area contributed by atoms with E-state index in [0.717, 1.165) is 22.5 Å². The highest BCUT2D eigenvalue weighted by atomic mass is 16.5. The Bertz CT molecular complexity index is 854. The highest BCUT2D eigenvalue weighted by Crippen LogP contribution is 2.28. The van der Waals surface area contributed by atoms with Crippen LogP contribution in [0.4, 0.5) is 5.82 Å². The summed E-state index contributed by atoms with van der Waals surface area (Å²) in [7, 11) is 0. The normalized spacial score (nSPS) is 11.4. The molecule has 7 heteroatoms. The summed E-state index contributed by atoms with van der Waals surface area (Å²) in [6.07, 6.45) is -0.0152. The van der Waals surface area contributed by atoms with Gasteiger partial charge in [0.2, 0.25) is 0 Å². The van der Waals surface area contributed by atoms with Crippen molar-refractivity contribution in [2.45, 2.75) is 40.0 Å². The van der Waals surface area contributed by atoms with E-state index in [1.54, 1.807) is 0 Å². The molecule has 24 heavy (non-hydrogen) atoms. The van der Waals surface area contributed by atoms with E-state index in [1.165, 1.54) is 0 Å². The predicted molar refractivity (Wildman–Crippen MR) is 93.7 cm³/mol. The average Bonchev–Trinajstić information content (AvgIpc) is 2.88. The molecule has 0 radical (unpaired) electrons. The lowest BCUT2D eigenvalue weighted by atomic mass is 10.1. The molecule has 0 aliphatic carbocycles. The first kappa shape index (κ1) is 16.2. The number of rotatable bonds is 5. The second kappa shape index (κ2) is 6.45. The van der Waals surface area contributed by atoms with Crippen molar-refractivity contribution in [3.8, 4) is 5.88 Å². The van der Waals surface area contributed by atoms with Gasteiger partial charge < -0.3 is 20.8 Å². The molecule has 0 spiro atoms. The lowest BCUT2D eigenvalue weighted by molar-refractivity contribution is 0.232. The van der Waals surface area contributed by atoms with Crippen molar-refractivity contribution in [1.82, 2.24) is 19.7 Å². The van der Waals surface area contributed by atoms with Crippen molar-refractivity contribution >= 4 is 16.9 Å². The predicted octanol–water partition coefficient (Wildman–Crippen LogP) is 2.01. The van der Waals surface area contributed by atoms with Crippen molar-refractivity contribution < 1.29 is 4.74 Å². The number of imidazole rings is 1. The molecular weight excluding hydrogens is 304 g/mol. The number of fused-ring (bicyclic) bond motifs is 1. The Labute approximate surface area is 140 Å². The summed E-state index contributed by atoms with van der Waals surface area (Å²) in [5.41, 5.74) is 15.2. The lowest BCUT2D eigenvalue weighted by Crippen LogP contribution is -2.11. The van der Waals surface area contributed by atoms with E-state index < -0.39 is 0 Å². The summed E-state index contributed by atoms with van der Waals surface area (Å²) < 4.78 is 7.86. The first-order valence-electron chi connectivity index (χ1n) is 7.93. The van der Waals surface area contributed by atoms with Crippen LogP contribution in [0.1, 0.15) is 30.8 Å². The molecule has 3 aromatic rings. The minimum absolute atomic E-state index is 0.0152. The fourth-order valence-electron chi connectivity index (χ4n) is 2.61. The van der Waals surface area contributed by atoms with E-state index in [2.05, 4.69) is 31.9 Å². The van der Waals surface area contributed by atoms with E-state index >= 15 is 0 Å². The van der Waals surface area contributed by atoms with Crippen LogP contribution >= 0.6 is 0 Å². The van der Waals surface area contributed by atoms with Crippen LogP contribution in [0.15, 0.2) is 24.3 Å². The third-order valence-corrected chi connectivity index (χ3v) is 3.80. The zero-order valence-electron chi connectivity index (χ0n) is 14.2. The maximum Gasteiger partial charge on any atom is 0.260 e. The summed E-state index contributed by atoms with van der Waals surface area (Å²) in [6.45, 7) is 7.01. The molecule has 0 bridgehead atoms. The standard InChI is InChI=1S/C17H22N6O/c1-10(2)24-17-15-14(16(19)21-22-17)20-11(3)23(15)9-13-6-4-12(8-18)5-7-13/h4-7,10H,8-9,18H2,1-3H3,(H2,19,21). The fraction of sp³-hybridized carbons (Fsp3) is 0.353. The highest BCUT2D eigenvalue weighted by molar-refractivity contribution is 5.88. The summed E-state index contributed by atoms with van der Waals surface area (Å²) in [5, 5.41) is 8.07. The molecule has 4 N–H and O–H groups in total. The zero-order chi connectivity index (χ0) is 17.3. The quantitative estimate of drug-likeness (QED) is 0.743. The summed E-state index contributed by atoms with van der Waals surface area (Å²) in [6, 6.07) is 8.19. The second-order valence-corrected chi connectivity index (χ2v) is 6.02. The Morgan fingerprint density at radius 2 is 1.79 bits per heavy atom. The first-order valence-corrected chi connectivity index (χ1v) is 7.93. The monoisotopic (exact) mass is 326 g/mol. The van der Waals surface area contributed by atoms with Crippen molar-refractivity contribution in [2.75, 3.05) is 5.73 Å². The van der Waals surface area contributed by atoms with Gasteiger partial charge in [0, 0.05) is 13.1 Å². The van der Waals surface area contributed by atoms with Crippen molar-refractivity contribution in [2.24, 2.45) is 5.73 Å². The number of nitrogen functional groups attached to an aromatic ring is 1. The van der Waals surface area contributed by atoms with E-state index in [4.69, 9.17) is 16.2 Å². The van der Waals surface area contributed by atoms with Gasteiger partial charge in [0.25, 0.3) is 5.88 Å². The molecule has 0 aliphatic rings. The van der Waals surface area contributed by atoms with Crippen LogP contribution in [0.3, 0.4) is 0 Å². The van der Waals surface area contributed by atoms with Gasteiger partial charge in [0.15, 0.2) is 5.82 Å². The van der Waals surface area contributed by atoms with Gasteiger partial charge >= 0.3 is 0 Å². The molecule has 126 valence electrons. The van der Waals surface area contributed by atoms with Gasteiger partial charge in [-0.3, -0.25) is 0 Å². The first-order chi connectivity index (χ1) is 11.5. The molecule has 0 amide bonds. The number of aromatic nitrogens is 4. The molecule has 2 heterocycles. The van der Waals surface area contributed by atoms with Gasteiger partial charge in [-0.1, -0.05) is 24.3 Å². The SMILES string of the molecule is Cc1nc2c(N)nnc(OC(C)C)c2n1Cc1ccc(CN)cc1. The number of anilines is 1. The maximum atomic E-state index is 5.95. The molecule has 0 saturated heterocycles. The Kier molecular flexibility index (Phi) is 4.35. The number of nitrogens with zero attached hydrogens (tertiary/aromatic N) is 4. The Hall–Kier alpha value is -2.67. The molecule has 0 unspecified atom stereocenters. The number of hydrogen-bond donors (Lipinski definition) is 2. The maximum absolute atomic E-state index is 5.95. The van der Waals surface area contributed by atoms with E-state index in [-0.39, 0.29) is 6.10 Å². The van der Waals surface area contributed by atoms with Gasteiger partial charge in [-0.15, -0.1) is 10.2 Å². The average molecular weight is 326 g/mol. The molecule has 3 rings (SSSR count). The van der Waals surface area contributed by atoms with Gasteiger partial charge in [0.1, 0.15) is 16.9 Å². The largest absolute Gasteiger partial charge is 0.472 e. The van der Waals surface area contributed by atoms with Gasteiger partial charge in [-0.05, 0) is 31.9 Å². The topological polar surface area (TPSA) is 105 Å². The van der Waals surface area contributed by atoms with Crippen LogP contribution in [-0.4, -0.2) is 25.9 Å². The number of benzene rings is 1. The van der Waals surface area contributed by atoms with E-state index in [0.29, 0.717) is 30.3 Å². The molecule has 0 fully saturated rings. The fourth-order valence-corrected chi connectivity index (χ4v) is 2.61. The van der Waals surface area contributed by atoms with Crippen LogP contribution in [-0.2, 0) is 13.1 Å². The van der Waals surface area contributed by atoms with E-state index in [9.17, 15) is 0 Å². The Morgan fingerprint density at radius 3 is 2.42 bits per heavy atom. The van der Waals surface area contributed by atoms with Crippen molar-refractivity contribution in [3.05, 3.63) is 41.2 Å². The third kappa shape index (κ3) is 3.03. The van der Waals surface area contributed by atoms with Gasteiger partial charge in [-0.25, -0.2) is 4.98 Å². The molecule has 7 nitrogen and oxygen atoms in total. The zero-order valence-corrected chi connectivity index (χ0v) is 14.2. The van der Waals surface area contributed by atoms with Gasteiger partial charge in [-0.2, -0.15) is 0 Å². The summed E-state index contributed by atoms with van der Waals surface area (Å²) in [5.74, 6) is 1.60. The van der Waals surface area contributed by atoms with Crippen LogP contribution in [0.2, 0.25) is 0 Å². The number of nitrogens with two attached hydrogens (primary N) is 2. The minimum Gasteiger partial charge on any atom is -0.472 e. The van der Waals surface area contributed by atoms with Crippen LogP contribution in [0.5, 0.6) is 5.88 Å². The minimum atomic E-state index is -0.0152. The van der Waals surface area contributed by atoms with Crippen LogP contribution in [0, 0.1) is 6.92 Å². The van der Waals surface area contributed by atoms with Crippen LogP contribution < -0.4 is 16.2 Å². The Morgan fingerprint density at radius 1 is 1.12 bits per heavy atom. The van der Waals surface area contributed by atoms with E-state index in [1.807, 2.05) is 32.9 Å². The van der Waals surface area contributed by atoms with Gasteiger partial charge in [0.05, 0.1) is 6.10 Å². The highest BCUT2D eigenvalue weighted by Gasteiger charge is 2.18. The number of hydrogen-bond acceptors (Lipinski definition) is 6.